The molecule has 4 N–H and O–H groups in total. The van der Waals surface area contributed by atoms with E-state index < -0.39 is 10.6 Å². The Morgan fingerprint density at radius 3 is 2.50 bits per heavy atom. The number of hydrogen-bond acceptors (Lipinski definition) is 7. The second kappa shape index (κ2) is 7.38. The van der Waals surface area contributed by atoms with Crippen LogP contribution >= 0.6 is 10.6 Å². The summed E-state index contributed by atoms with van der Waals surface area (Å²) in [5, 5.41) is 5.24. The van der Waals surface area contributed by atoms with E-state index in [0.29, 0.717) is 17.2 Å². The molecule has 160 valence electrons. The number of rotatable bonds is 3. The topological polar surface area (TPSA) is 120 Å². The number of hydrogen-bond donors (Lipinski definition) is 4. The van der Waals surface area contributed by atoms with Gasteiger partial charge in [-0.3, -0.25) is 9.11 Å². The summed E-state index contributed by atoms with van der Waals surface area (Å²) in [5.74, 6) is 1.71. The number of fused-ring (bicyclic) bond motifs is 3. The average molecular weight is 432 g/mol. The minimum absolute atomic E-state index is 0.165. The number of nitrogens with one attached hydrogen (secondary N) is 2. The van der Waals surface area contributed by atoms with Crippen molar-refractivity contribution in [3.63, 3.8) is 0 Å². The maximum absolute atomic E-state index is 11.5. The minimum Gasteiger partial charge on any atom is -0.371 e. The summed E-state index contributed by atoms with van der Waals surface area (Å²) in [5.41, 5.74) is 3.03. The quantitative estimate of drug-likeness (QED) is 0.590. The van der Waals surface area contributed by atoms with Crippen molar-refractivity contribution in [3.8, 4) is 11.4 Å². The molecule has 30 heavy (non-hydrogen) atoms. The van der Waals surface area contributed by atoms with Crippen LogP contribution in [0.5, 0.6) is 0 Å². The SMILES string of the molecule is CNC(=O)Nc1ccc(-c2nc3c(c(N4CC5CCC(C4)O5)n2)CS(O)(O)C3)cc1. The normalized spacial score (nSPS) is 25.0. The van der Waals surface area contributed by atoms with Crippen molar-refractivity contribution in [3.05, 3.63) is 35.5 Å². The van der Waals surface area contributed by atoms with Crippen LogP contribution in [0.15, 0.2) is 24.3 Å². The van der Waals surface area contributed by atoms with Crippen LogP contribution in [0, 0.1) is 0 Å². The number of morpholine rings is 1. The Bertz CT molecular complexity index is 972. The molecule has 2 unspecified atom stereocenters. The number of urea groups is 1. The van der Waals surface area contributed by atoms with Crippen molar-refractivity contribution in [2.45, 2.75) is 36.6 Å². The zero-order valence-corrected chi connectivity index (χ0v) is 17.5. The summed E-state index contributed by atoms with van der Waals surface area (Å²) >= 11 is 0. The highest BCUT2D eigenvalue weighted by atomic mass is 32.3. The first kappa shape index (κ1) is 19.6. The molecule has 2 amide bonds. The molecule has 2 saturated heterocycles. The lowest BCUT2D eigenvalue weighted by molar-refractivity contribution is 0.0302. The van der Waals surface area contributed by atoms with Gasteiger partial charge in [0.25, 0.3) is 0 Å². The zero-order chi connectivity index (χ0) is 20.9. The summed E-state index contributed by atoms with van der Waals surface area (Å²) in [6, 6.07) is 7.01. The molecule has 0 radical (unpaired) electrons. The third kappa shape index (κ3) is 3.71. The van der Waals surface area contributed by atoms with Gasteiger partial charge in [0.1, 0.15) is 5.82 Å². The van der Waals surface area contributed by atoms with Crippen molar-refractivity contribution in [2.75, 3.05) is 30.4 Å². The van der Waals surface area contributed by atoms with E-state index in [-0.39, 0.29) is 29.7 Å². The Balaban J connectivity index is 1.50. The van der Waals surface area contributed by atoms with E-state index in [9.17, 15) is 13.9 Å². The molecule has 1 aromatic carbocycles. The van der Waals surface area contributed by atoms with Crippen LogP contribution in [-0.2, 0) is 16.2 Å². The van der Waals surface area contributed by atoms with Gasteiger partial charge in [-0.05, 0) is 37.1 Å². The van der Waals surface area contributed by atoms with Crippen LogP contribution in [0.1, 0.15) is 24.1 Å². The van der Waals surface area contributed by atoms with E-state index >= 15 is 0 Å². The molecular weight excluding hydrogens is 406 g/mol. The fourth-order valence-electron chi connectivity index (χ4n) is 4.36. The third-order valence-electron chi connectivity index (χ3n) is 5.79. The molecule has 0 saturated carbocycles. The number of carbonyl (C=O) groups is 1. The molecule has 10 heteroatoms. The first-order chi connectivity index (χ1) is 14.4. The van der Waals surface area contributed by atoms with Crippen LogP contribution in [0.4, 0.5) is 16.3 Å². The third-order valence-corrected chi connectivity index (χ3v) is 7.27. The maximum atomic E-state index is 11.5. The molecule has 3 aliphatic heterocycles. The van der Waals surface area contributed by atoms with E-state index in [1.54, 1.807) is 19.2 Å². The molecule has 3 aliphatic rings. The summed E-state index contributed by atoms with van der Waals surface area (Å²) in [6.07, 6.45) is 2.51. The first-order valence-corrected chi connectivity index (χ1v) is 11.9. The number of nitrogens with zero attached hydrogens (tertiary/aromatic N) is 3. The summed E-state index contributed by atoms with van der Waals surface area (Å²) in [7, 11) is -1.15. The van der Waals surface area contributed by atoms with Crippen molar-refractivity contribution in [2.24, 2.45) is 0 Å². The van der Waals surface area contributed by atoms with Crippen molar-refractivity contribution in [1.29, 1.82) is 0 Å². The maximum Gasteiger partial charge on any atom is 0.318 e. The smallest absolute Gasteiger partial charge is 0.318 e. The van der Waals surface area contributed by atoms with Gasteiger partial charge in [0, 0.05) is 37.0 Å². The van der Waals surface area contributed by atoms with Crippen LogP contribution < -0.4 is 15.5 Å². The summed E-state index contributed by atoms with van der Waals surface area (Å²) < 4.78 is 26.6. The van der Waals surface area contributed by atoms with Gasteiger partial charge in [0.15, 0.2) is 5.82 Å². The van der Waals surface area contributed by atoms with Crippen LogP contribution in [0.25, 0.3) is 11.4 Å². The van der Waals surface area contributed by atoms with E-state index in [2.05, 4.69) is 20.5 Å². The standard InChI is InChI=1S/C20H25N5O4S/c1-21-20(26)22-13-4-2-12(3-5-13)18-23-17-11-30(27,28)10-16(17)19(24-18)25-8-14-6-7-15(9-25)29-14/h2-5,14-15,27-28H,6-11H2,1H3,(H2,21,22,26). The highest BCUT2D eigenvalue weighted by Gasteiger charge is 2.38. The van der Waals surface area contributed by atoms with Crippen molar-refractivity contribution in [1.82, 2.24) is 15.3 Å². The molecule has 1 aromatic heterocycles. The predicted molar refractivity (Wildman–Crippen MR) is 116 cm³/mol. The van der Waals surface area contributed by atoms with Gasteiger partial charge in [-0.2, -0.15) is 10.6 Å². The largest absolute Gasteiger partial charge is 0.371 e. The number of aromatic nitrogens is 2. The Hall–Kier alpha value is -2.40. The van der Waals surface area contributed by atoms with Gasteiger partial charge >= 0.3 is 6.03 Å². The first-order valence-electron chi connectivity index (χ1n) is 10.0. The second-order valence-electron chi connectivity index (χ2n) is 8.03. The van der Waals surface area contributed by atoms with Gasteiger partial charge in [-0.1, -0.05) is 0 Å². The molecule has 9 nitrogen and oxygen atoms in total. The van der Waals surface area contributed by atoms with Gasteiger partial charge in [-0.15, -0.1) is 0 Å². The molecule has 0 spiro atoms. The Labute approximate surface area is 176 Å². The molecular formula is C20H25N5O4S. The van der Waals surface area contributed by atoms with Gasteiger partial charge < -0.3 is 20.3 Å². The van der Waals surface area contributed by atoms with Gasteiger partial charge in [0.05, 0.1) is 29.4 Å². The molecule has 5 rings (SSSR count). The van der Waals surface area contributed by atoms with E-state index in [1.807, 2.05) is 12.1 Å². The lowest BCUT2D eigenvalue weighted by Gasteiger charge is -2.34. The molecule has 4 heterocycles. The Kier molecular flexibility index (Phi) is 4.81. The highest BCUT2D eigenvalue weighted by molar-refractivity contribution is 8.23. The summed E-state index contributed by atoms with van der Waals surface area (Å²) in [4.78, 5) is 23.2. The Morgan fingerprint density at radius 2 is 1.83 bits per heavy atom. The molecule has 2 aromatic rings. The molecule has 0 aliphatic carbocycles. The van der Waals surface area contributed by atoms with Crippen LogP contribution in [-0.4, -0.2) is 57.4 Å². The van der Waals surface area contributed by atoms with E-state index in [0.717, 1.165) is 42.9 Å². The monoisotopic (exact) mass is 431 g/mol. The fraction of sp³-hybridized carbons (Fsp3) is 0.450. The second-order valence-corrected chi connectivity index (χ2v) is 10.2. The number of ether oxygens (including phenoxy) is 1. The fourth-order valence-corrected chi connectivity index (χ4v) is 5.90. The number of anilines is 2. The van der Waals surface area contributed by atoms with E-state index in [4.69, 9.17) is 9.72 Å². The van der Waals surface area contributed by atoms with Gasteiger partial charge in [-0.25, -0.2) is 14.8 Å². The van der Waals surface area contributed by atoms with Crippen molar-refractivity contribution >= 4 is 28.1 Å². The number of carbonyl (C=O) groups excluding carboxylic acids is 1. The number of amides is 2. The molecule has 2 atom stereocenters. The highest BCUT2D eigenvalue weighted by Crippen LogP contribution is 2.54. The molecule has 2 bridgehead atoms. The van der Waals surface area contributed by atoms with Crippen LogP contribution in [0.3, 0.4) is 0 Å². The molecule has 2 fully saturated rings. The van der Waals surface area contributed by atoms with E-state index in [1.165, 1.54) is 0 Å². The zero-order valence-electron chi connectivity index (χ0n) is 16.7. The average Bonchev–Trinajstić information content (AvgIpc) is 3.23. The van der Waals surface area contributed by atoms with Crippen molar-refractivity contribution < 1.29 is 18.6 Å². The van der Waals surface area contributed by atoms with Gasteiger partial charge in [0.2, 0.25) is 0 Å². The summed E-state index contributed by atoms with van der Waals surface area (Å²) in [6.45, 7) is 1.52. The lowest BCUT2D eigenvalue weighted by atomic mass is 10.1. The minimum atomic E-state index is -2.71. The predicted octanol–water partition coefficient (Wildman–Crippen LogP) is 3.03. The Morgan fingerprint density at radius 1 is 1.13 bits per heavy atom. The number of benzene rings is 1. The van der Waals surface area contributed by atoms with Crippen LogP contribution in [0.2, 0.25) is 0 Å². The lowest BCUT2D eigenvalue weighted by Crippen LogP contribution is -2.43.